The van der Waals surface area contributed by atoms with E-state index in [0.717, 1.165) is 33.7 Å². The number of methoxy groups -OCH3 is 1. The van der Waals surface area contributed by atoms with Crippen LogP contribution >= 0.6 is 0 Å². The molecule has 0 amide bonds. The first-order valence-corrected chi connectivity index (χ1v) is 7.23. The van der Waals surface area contributed by atoms with Crippen LogP contribution in [-0.4, -0.2) is 26.6 Å². The van der Waals surface area contributed by atoms with Crippen molar-refractivity contribution in [3.8, 4) is 22.8 Å². The molecule has 5 nitrogen and oxygen atoms in total. The molecule has 0 aliphatic heterocycles. The largest absolute Gasteiger partial charge is 0.497 e. The molecular formula is C18H14N4O. The van der Waals surface area contributed by atoms with Gasteiger partial charge in [-0.1, -0.05) is 0 Å². The molecule has 23 heavy (non-hydrogen) atoms. The number of rotatable bonds is 3. The van der Waals surface area contributed by atoms with Gasteiger partial charge >= 0.3 is 0 Å². The van der Waals surface area contributed by atoms with Gasteiger partial charge in [0.2, 0.25) is 0 Å². The highest BCUT2D eigenvalue weighted by Crippen LogP contribution is 2.24. The second-order valence-electron chi connectivity index (χ2n) is 5.11. The summed E-state index contributed by atoms with van der Waals surface area (Å²) in [6.45, 7) is 0. The molecule has 0 N–H and O–H groups in total. The van der Waals surface area contributed by atoms with Crippen LogP contribution in [0.5, 0.6) is 5.75 Å². The molecule has 0 fully saturated rings. The van der Waals surface area contributed by atoms with Gasteiger partial charge in [-0.15, -0.1) is 0 Å². The summed E-state index contributed by atoms with van der Waals surface area (Å²) in [4.78, 5) is 13.1. The molecule has 0 aliphatic rings. The van der Waals surface area contributed by atoms with E-state index < -0.39 is 0 Å². The van der Waals surface area contributed by atoms with Crippen molar-refractivity contribution >= 4 is 10.9 Å². The molecule has 4 rings (SSSR count). The zero-order valence-electron chi connectivity index (χ0n) is 12.5. The molecule has 0 saturated carbocycles. The summed E-state index contributed by atoms with van der Waals surface area (Å²) in [7, 11) is 1.66. The minimum absolute atomic E-state index is 0.814. The summed E-state index contributed by atoms with van der Waals surface area (Å²) in [5.74, 6) is 1.65. The number of nitrogens with zero attached hydrogens (tertiary/aromatic N) is 4. The molecule has 4 aromatic rings. The molecule has 0 radical (unpaired) electrons. The molecule has 0 bridgehead atoms. The highest BCUT2D eigenvalue weighted by atomic mass is 16.5. The van der Waals surface area contributed by atoms with Gasteiger partial charge in [-0.25, -0.2) is 4.98 Å². The van der Waals surface area contributed by atoms with E-state index in [4.69, 9.17) is 4.74 Å². The van der Waals surface area contributed by atoms with E-state index in [1.54, 1.807) is 25.7 Å². The summed E-state index contributed by atoms with van der Waals surface area (Å²) in [5, 5.41) is 1.02. The van der Waals surface area contributed by atoms with Gasteiger partial charge in [0.05, 0.1) is 24.5 Å². The lowest BCUT2D eigenvalue weighted by molar-refractivity contribution is 0.415. The Bertz CT molecular complexity index is 963. The average molecular weight is 302 g/mol. The van der Waals surface area contributed by atoms with E-state index in [2.05, 4.69) is 21.0 Å². The van der Waals surface area contributed by atoms with E-state index in [0.29, 0.717) is 0 Å². The summed E-state index contributed by atoms with van der Waals surface area (Å²) >= 11 is 0. The van der Waals surface area contributed by atoms with E-state index in [1.807, 2.05) is 47.3 Å². The highest BCUT2D eigenvalue weighted by Gasteiger charge is 2.09. The first-order valence-electron chi connectivity index (χ1n) is 7.23. The zero-order valence-corrected chi connectivity index (χ0v) is 12.5. The Hall–Kier alpha value is -3.21. The van der Waals surface area contributed by atoms with Crippen molar-refractivity contribution in [3.05, 3.63) is 67.4 Å². The van der Waals surface area contributed by atoms with Crippen LogP contribution in [0.3, 0.4) is 0 Å². The quantitative estimate of drug-likeness (QED) is 0.581. The van der Waals surface area contributed by atoms with E-state index in [9.17, 15) is 0 Å². The highest BCUT2D eigenvalue weighted by molar-refractivity contribution is 5.82. The minimum Gasteiger partial charge on any atom is -0.497 e. The maximum atomic E-state index is 5.29. The van der Waals surface area contributed by atoms with Gasteiger partial charge in [-0.2, -0.15) is 0 Å². The van der Waals surface area contributed by atoms with Crippen molar-refractivity contribution in [1.29, 1.82) is 0 Å². The minimum atomic E-state index is 0.814. The molecule has 0 aliphatic carbocycles. The fraction of sp³-hybridized carbons (Fsp3) is 0.0556. The number of imidazole rings is 1. The van der Waals surface area contributed by atoms with Gasteiger partial charge in [-0.3, -0.25) is 14.5 Å². The number of aromatic nitrogens is 4. The smallest absolute Gasteiger partial charge is 0.146 e. The van der Waals surface area contributed by atoms with Crippen LogP contribution in [-0.2, 0) is 0 Å². The number of pyridine rings is 2. The number of ether oxygens (including phenoxy) is 1. The number of fused-ring (bicyclic) bond motifs is 1. The van der Waals surface area contributed by atoms with E-state index >= 15 is 0 Å². The maximum absolute atomic E-state index is 5.29. The Morgan fingerprint density at radius 2 is 1.96 bits per heavy atom. The third-order valence-electron chi connectivity index (χ3n) is 3.71. The van der Waals surface area contributed by atoms with Gasteiger partial charge in [0.15, 0.2) is 0 Å². The lowest BCUT2D eigenvalue weighted by Crippen LogP contribution is -1.97. The summed E-state index contributed by atoms with van der Waals surface area (Å²) in [6, 6.07) is 11.8. The summed E-state index contributed by atoms with van der Waals surface area (Å²) in [6.07, 6.45) is 9.09. The number of benzene rings is 1. The van der Waals surface area contributed by atoms with E-state index in [-0.39, 0.29) is 0 Å². The number of hydrogen-bond acceptors (Lipinski definition) is 4. The van der Waals surface area contributed by atoms with Gasteiger partial charge in [-0.05, 0) is 36.4 Å². The third kappa shape index (κ3) is 2.42. The number of hydrogen-bond donors (Lipinski definition) is 0. The van der Waals surface area contributed by atoms with Crippen LogP contribution < -0.4 is 4.74 Å². The molecule has 0 atom stereocenters. The molecule has 1 aromatic carbocycles. The van der Waals surface area contributed by atoms with E-state index in [1.165, 1.54) is 0 Å². The van der Waals surface area contributed by atoms with Crippen molar-refractivity contribution in [3.63, 3.8) is 0 Å². The fourth-order valence-corrected chi connectivity index (χ4v) is 2.58. The zero-order chi connectivity index (χ0) is 15.6. The van der Waals surface area contributed by atoms with Gasteiger partial charge in [0.25, 0.3) is 0 Å². The normalized spacial score (nSPS) is 10.8. The second-order valence-corrected chi connectivity index (χ2v) is 5.11. The monoisotopic (exact) mass is 302 g/mol. The maximum Gasteiger partial charge on any atom is 0.146 e. The molecule has 5 heteroatoms. The molecule has 3 heterocycles. The van der Waals surface area contributed by atoms with Crippen molar-refractivity contribution in [2.45, 2.75) is 0 Å². The molecule has 112 valence electrons. The van der Waals surface area contributed by atoms with Crippen LogP contribution in [0.2, 0.25) is 0 Å². The molecule has 0 unspecified atom stereocenters. The van der Waals surface area contributed by atoms with Crippen molar-refractivity contribution in [2.24, 2.45) is 0 Å². The van der Waals surface area contributed by atoms with Crippen LogP contribution in [0, 0.1) is 0 Å². The first-order chi connectivity index (χ1) is 11.3. The Labute approximate surface area is 133 Å². The fourth-order valence-electron chi connectivity index (χ4n) is 2.58. The summed E-state index contributed by atoms with van der Waals surface area (Å²) < 4.78 is 7.29. The van der Waals surface area contributed by atoms with Crippen molar-refractivity contribution in [1.82, 2.24) is 19.5 Å². The lowest BCUT2D eigenvalue weighted by atomic mass is 10.2. The van der Waals surface area contributed by atoms with Crippen molar-refractivity contribution < 1.29 is 4.74 Å². The van der Waals surface area contributed by atoms with Gasteiger partial charge < -0.3 is 4.74 Å². The first kappa shape index (κ1) is 13.5. The average Bonchev–Trinajstić information content (AvgIpc) is 3.11. The van der Waals surface area contributed by atoms with Crippen molar-refractivity contribution in [2.75, 3.05) is 7.11 Å². The van der Waals surface area contributed by atoms with Crippen LogP contribution in [0.4, 0.5) is 0 Å². The summed E-state index contributed by atoms with van der Waals surface area (Å²) in [5.41, 5.74) is 2.84. The van der Waals surface area contributed by atoms with Crippen LogP contribution in [0.15, 0.2) is 67.4 Å². The molecule has 0 spiro atoms. The standard InChI is InChI=1S/C18H14N4O/c1-23-16-4-5-17-14(10-16)9-15(12-21-17)22-8-7-20-18(22)13-3-2-6-19-11-13/h2-12H,1H3. The molecule has 3 aromatic heterocycles. The topological polar surface area (TPSA) is 52.8 Å². The Morgan fingerprint density at radius 3 is 2.78 bits per heavy atom. The van der Waals surface area contributed by atoms with Gasteiger partial charge in [0, 0.05) is 35.7 Å². The lowest BCUT2D eigenvalue weighted by Gasteiger charge is -2.09. The van der Waals surface area contributed by atoms with Crippen LogP contribution in [0.1, 0.15) is 0 Å². The Balaban J connectivity index is 1.85. The predicted octanol–water partition coefficient (Wildman–Crippen LogP) is 3.49. The Morgan fingerprint density at radius 1 is 1.00 bits per heavy atom. The third-order valence-corrected chi connectivity index (χ3v) is 3.71. The SMILES string of the molecule is COc1ccc2ncc(-n3ccnc3-c3cccnc3)cc2c1. The molecule has 0 saturated heterocycles. The predicted molar refractivity (Wildman–Crippen MR) is 88.6 cm³/mol. The second kappa shape index (κ2) is 5.53. The van der Waals surface area contributed by atoms with Gasteiger partial charge in [0.1, 0.15) is 11.6 Å². The van der Waals surface area contributed by atoms with Crippen LogP contribution in [0.25, 0.3) is 28.0 Å². The molecular weight excluding hydrogens is 288 g/mol. The Kier molecular flexibility index (Phi) is 3.24.